The molecule has 0 aliphatic carbocycles. The number of anilines is 1. The number of hydrogen-bond donors (Lipinski definition) is 2. The van der Waals surface area contributed by atoms with Gasteiger partial charge in [0.05, 0.1) is 31.1 Å². The first-order valence-electron chi connectivity index (χ1n) is 11.8. The van der Waals surface area contributed by atoms with Gasteiger partial charge in [-0.1, -0.05) is 10.3 Å². The Morgan fingerprint density at radius 1 is 1.41 bits per heavy atom. The summed E-state index contributed by atoms with van der Waals surface area (Å²) < 4.78 is 12.8. The summed E-state index contributed by atoms with van der Waals surface area (Å²) in [6.45, 7) is 1.07. The number of ether oxygens (including phenoxy) is 1. The van der Waals surface area contributed by atoms with Gasteiger partial charge in [0.25, 0.3) is 11.8 Å². The molecule has 3 atom stereocenters. The van der Waals surface area contributed by atoms with E-state index in [2.05, 4.69) is 24.9 Å². The topological polar surface area (TPSA) is 193 Å². The maximum Gasteiger partial charge on any atom is 0.307 e. The highest BCUT2D eigenvalue weighted by Crippen LogP contribution is 2.40. The number of nitrogens with zero attached hydrogens (tertiary/aromatic N) is 7. The Bertz CT molecular complexity index is 1530. The molecule has 0 saturated carbocycles. The predicted molar refractivity (Wildman–Crippen MR) is 134 cm³/mol. The number of imidazole rings is 1. The number of carbonyl (C=O) groups excluding carboxylic acids is 3. The van der Waals surface area contributed by atoms with Crippen LogP contribution >= 0.6 is 23.3 Å². The van der Waals surface area contributed by atoms with Gasteiger partial charge in [-0.2, -0.15) is 9.36 Å². The molecule has 3 N–H and O–H groups in total. The van der Waals surface area contributed by atoms with Crippen molar-refractivity contribution in [2.24, 2.45) is 5.16 Å². The summed E-state index contributed by atoms with van der Waals surface area (Å²) >= 11 is 2.22. The third kappa shape index (κ3) is 4.68. The number of aliphatic carboxylic acids is 1. The fourth-order valence-electron chi connectivity index (χ4n) is 4.52. The summed E-state index contributed by atoms with van der Waals surface area (Å²) in [5.74, 6) is -2.53. The van der Waals surface area contributed by atoms with Crippen molar-refractivity contribution >= 4 is 57.6 Å². The summed E-state index contributed by atoms with van der Waals surface area (Å²) in [6.07, 6.45) is 5.44. The molecule has 2 saturated heterocycles. The monoisotopic (exact) mass is 571 g/mol. The van der Waals surface area contributed by atoms with E-state index in [4.69, 9.17) is 15.3 Å². The molecule has 3 aliphatic heterocycles. The lowest BCUT2D eigenvalue weighted by Gasteiger charge is -2.50. The number of nitrogens with one attached hydrogen (secondary N) is 1. The van der Waals surface area contributed by atoms with Crippen LogP contribution in [0.15, 0.2) is 47.1 Å². The minimum absolute atomic E-state index is 0.0437. The van der Waals surface area contributed by atoms with Crippen molar-refractivity contribution in [1.82, 2.24) is 29.2 Å². The van der Waals surface area contributed by atoms with Crippen LogP contribution in [-0.4, -0.2) is 83.9 Å². The molecule has 3 aromatic heterocycles. The number of nitrogens with two attached hydrogens (primary N) is 1. The SMILES string of the molecule is Nc1nc(/C(=N/OC2CCOC2)C(=O)N[C@@H]2C(=O)N3C(C(=O)[O-])=C(C[n+]4ccn5ncccc54)CS[C@H]23)ns1. The van der Waals surface area contributed by atoms with Crippen molar-refractivity contribution in [3.63, 3.8) is 0 Å². The molecule has 2 fully saturated rings. The summed E-state index contributed by atoms with van der Waals surface area (Å²) in [5, 5.41) is 22.4. The van der Waals surface area contributed by atoms with Crippen LogP contribution in [0.3, 0.4) is 0 Å². The van der Waals surface area contributed by atoms with E-state index in [0.717, 1.165) is 22.1 Å². The highest BCUT2D eigenvalue weighted by Gasteiger charge is 2.53. The van der Waals surface area contributed by atoms with E-state index in [1.165, 1.54) is 11.8 Å². The van der Waals surface area contributed by atoms with Gasteiger partial charge in [0.1, 0.15) is 24.2 Å². The molecule has 15 nitrogen and oxygen atoms in total. The second-order valence-electron chi connectivity index (χ2n) is 8.84. The van der Waals surface area contributed by atoms with Gasteiger partial charge in [-0.05, 0) is 6.07 Å². The third-order valence-corrected chi connectivity index (χ3v) is 8.26. The van der Waals surface area contributed by atoms with Gasteiger partial charge in [-0.15, -0.1) is 16.3 Å². The number of aromatic nitrogens is 5. The van der Waals surface area contributed by atoms with E-state index in [-0.39, 0.29) is 35.0 Å². The van der Waals surface area contributed by atoms with Crippen molar-refractivity contribution in [2.45, 2.75) is 30.5 Å². The van der Waals surface area contributed by atoms with Crippen LogP contribution in [0.1, 0.15) is 12.2 Å². The third-order valence-electron chi connectivity index (χ3n) is 6.38. The number of oxime groups is 1. The fraction of sp³-hybridized carbons (Fsp3) is 0.364. The molecule has 0 bridgehead atoms. The molecule has 202 valence electrons. The molecule has 3 aliphatic rings. The summed E-state index contributed by atoms with van der Waals surface area (Å²) in [4.78, 5) is 49.1. The Morgan fingerprint density at radius 3 is 3.03 bits per heavy atom. The molecule has 39 heavy (non-hydrogen) atoms. The molecule has 6 heterocycles. The number of hydrogen-bond acceptors (Lipinski definition) is 13. The lowest BCUT2D eigenvalue weighted by atomic mass is 10.0. The summed E-state index contributed by atoms with van der Waals surface area (Å²) in [5.41, 5.74) is 6.50. The van der Waals surface area contributed by atoms with E-state index in [1.807, 2.05) is 10.6 Å². The van der Waals surface area contributed by atoms with Crippen LogP contribution in [0.5, 0.6) is 0 Å². The lowest BCUT2D eigenvalue weighted by molar-refractivity contribution is -0.662. The molecule has 17 heteroatoms. The highest BCUT2D eigenvalue weighted by molar-refractivity contribution is 8.00. The Kier molecular flexibility index (Phi) is 6.61. The summed E-state index contributed by atoms with van der Waals surface area (Å²) in [7, 11) is 0. The first-order valence-corrected chi connectivity index (χ1v) is 13.6. The number of thioether (sulfide) groups is 1. The Morgan fingerprint density at radius 2 is 2.28 bits per heavy atom. The Hall–Kier alpha value is -4.09. The number of β-lactam (4-membered cyclic amide) rings is 1. The molecule has 0 spiro atoms. The van der Waals surface area contributed by atoms with Crippen molar-refractivity contribution in [3.05, 3.63) is 47.8 Å². The van der Waals surface area contributed by atoms with Gasteiger partial charge >= 0.3 is 5.65 Å². The molecule has 0 aromatic carbocycles. The van der Waals surface area contributed by atoms with E-state index in [9.17, 15) is 19.5 Å². The molecular formula is C22H21N9O6S2. The number of carboxylic acid groups (broad SMARTS) is 1. The average Bonchev–Trinajstić information content (AvgIpc) is 3.69. The standard InChI is InChI=1S/C22H21N9O6S2/c23-22-26-17(28-39-22)14(27-37-12-3-7-36-9-12)18(32)25-15-19(33)31-16(21(34)35)11(10-38-20(15)31)8-29-5-6-30-13(29)2-1-4-24-30/h1-2,4-6,12,15,20H,3,7-10H2,(H3-,23,25,26,28,32,34,35)/b27-14-/t12?,15-,20-/m1/s1. The fourth-order valence-corrected chi connectivity index (χ4v) is 6.29. The van der Waals surface area contributed by atoms with Gasteiger partial charge in [-0.3, -0.25) is 14.5 Å². The maximum absolute atomic E-state index is 13.2. The second kappa shape index (κ2) is 10.2. The summed E-state index contributed by atoms with van der Waals surface area (Å²) in [6, 6.07) is 2.62. The number of rotatable bonds is 8. The number of nitrogen functional groups attached to an aromatic ring is 1. The van der Waals surface area contributed by atoms with E-state index < -0.39 is 29.2 Å². The van der Waals surface area contributed by atoms with Crippen LogP contribution in [0.25, 0.3) is 5.65 Å². The van der Waals surface area contributed by atoms with Crippen LogP contribution < -0.4 is 20.7 Å². The average molecular weight is 572 g/mol. The molecule has 6 rings (SSSR count). The van der Waals surface area contributed by atoms with Crippen molar-refractivity contribution in [2.75, 3.05) is 24.7 Å². The van der Waals surface area contributed by atoms with Gasteiger partial charge in [0.2, 0.25) is 11.5 Å². The van der Waals surface area contributed by atoms with Crippen molar-refractivity contribution in [1.29, 1.82) is 0 Å². The predicted octanol–water partition coefficient (Wildman–Crippen LogP) is -2.33. The Balaban J connectivity index is 1.21. The molecule has 0 radical (unpaired) electrons. The smallest absolute Gasteiger partial charge is 0.307 e. The van der Waals surface area contributed by atoms with Crippen LogP contribution in [0, 0.1) is 0 Å². The van der Waals surface area contributed by atoms with E-state index in [1.54, 1.807) is 29.2 Å². The number of carboxylic acids is 1. The van der Waals surface area contributed by atoms with Crippen molar-refractivity contribution in [3.8, 4) is 0 Å². The first kappa shape index (κ1) is 25.2. The van der Waals surface area contributed by atoms with Gasteiger partial charge in [-0.25, -0.2) is 4.57 Å². The van der Waals surface area contributed by atoms with Gasteiger partial charge in [0, 0.05) is 35.3 Å². The lowest BCUT2D eigenvalue weighted by Crippen LogP contribution is -2.71. The molecular weight excluding hydrogens is 550 g/mol. The second-order valence-corrected chi connectivity index (χ2v) is 10.7. The number of fused-ring (bicyclic) bond motifs is 2. The van der Waals surface area contributed by atoms with Crippen LogP contribution in [0.4, 0.5) is 5.13 Å². The number of amides is 2. The molecule has 2 amide bonds. The van der Waals surface area contributed by atoms with E-state index in [0.29, 0.717) is 31.0 Å². The zero-order valence-electron chi connectivity index (χ0n) is 20.1. The van der Waals surface area contributed by atoms with Gasteiger partial charge in [0.15, 0.2) is 17.4 Å². The zero-order valence-corrected chi connectivity index (χ0v) is 21.8. The minimum Gasteiger partial charge on any atom is -0.543 e. The van der Waals surface area contributed by atoms with Crippen molar-refractivity contribution < 1.29 is 33.6 Å². The highest BCUT2D eigenvalue weighted by atomic mass is 32.2. The van der Waals surface area contributed by atoms with Crippen LogP contribution in [0.2, 0.25) is 0 Å². The quantitative estimate of drug-likeness (QED) is 0.127. The largest absolute Gasteiger partial charge is 0.543 e. The van der Waals surface area contributed by atoms with Crippen LogP contribution in [-0.2, 0) is 30.5 Å². The maximum atomic E-state index is 13.2. The molecule has 3 aromatic rings. The molecule has 1 unspecified atom stereocenters. The first-order chi connectivity index (χ1) is 18.9. The normalized spacial score (nSPS) is 23.1. The Labute approximate surface area is 228 Å². The minimum atomic E-state index is -1.47. The number of carbonyl (C=O) groups is 3. The van der Waals surface area contributed by atoms with Gasteiger partial charge < -0.3 is 30.5 Å². The zero-order chi connectivity index (χ0) is 27.1. The van der Waals surface area contributed by atoms with E-state index >= 15 is 0 Å².